The van der Waals surface area contributed by atoms with Gasteiger partial charge >= 0.3 is 12.2 Å². The molecule has 0 bridgehead atoms. The molecule has 23 heavy (non-hydrogen) atoms. The van der Waals surface area contributed by atoms with Crippen molar-refractivity contribution in [3.05, 3.63) is 23.9 Å². The summed E-state index contributed by atoms with van der Waals surface area (Å²) in [6, 6.07) is 2.57. The number of urea groups is 1. The topological polar surface area (TPSA) is 72.5 Å². The van der Waals surface area contributed by atoms with E-state index in [1.54, 1.807) is 6.07 Å². The number of nitrogens with zero attached hydrogens (tertiary/aromatic N) is 1. The quantitative estimate of drug-likeness (QED) is 0.835. The molecule has 2 N–H and O–H groups in total. The molecule has 0 saturated carbocycles. The predicted octanol–water partition coefficient (Wildman–Crippen LogP) is 2.00. The van der Waals surface area contributed by atoms with Crippen LogP contribution in [0.1, 0.15) is 18.4 Å². The fourth-order valence-corrected chi connectivity index (χ4v) is 2.05. The van der Waals surface area contributed by atoms with Gasteiger partial charge in [0.1, 0.15) is 0 Å². The van der Waals surface area contributed by atoms with Gasteiger partial charge in [-0.3, -0.25) is 0 Å². The first kappa shape index (κ1) is 17.3. The van der Waals surface area contributed by atoms with Crippen molar-refractivity contribution in [3.8, 4) is 5.88 Å². The molecule has 1 saturated heterocycles. The highest BCUT2D eigenvalue weighted by atomic mass is 19.4. The summed E-state index contributed by atoms with van der Waals surface area (Å²) in [6.07, 6.45) is -1.13. The van der Waals surface area contributed by atoms with Crippen molar-refractivity contribution in [1.82, 2.24) is 15.6 Å². The Morgan fingerprint density at radius 3 is 2.96 bits per heavy atom. The van der Waals surface area contributed by atoms with E-state index >= 15 is 0 Å². The lowest BCUT2D eigenvalue weighted by atomic mass is 10.2. The molecule has 1 aromatic heterocycles. The third-order valence-corrected chi connectivity index (χ3v) is 3.15. The SMILES string of the molecule is O=C(NCc1ccnc(OCC(F)(F)F)c1)NC[C@@H]1CCCO1. The van der Waals surface area contributed by atoms with Crippen LogP contribution in [0.4, 0.5) is 18.0 Å². The second-order valence-corrected chi connectivity index (χ2v) is 5.10. The molecule has 0 radical (unpaired) electrons. The van der Waals surface area contributed by atoms with Gasteiger partial charge in [0, 0.05) is 32.0 Å². The summed E-state index contributed by atoms with van der Waals surface area (Å²) in [6.45, 7) is -0.102. The second kappa shape index (κ2) is 8.00. The van der Waals surface area contributed by atoms with Crippen molar-refractivity contribution >= 4 is 6.03 Å². The number of halogens is 3. The van der Waals surface area contributed by atoms with Crippen LogP contribution in [0, 0.1) is 0 Å². The molecule has 0 spiro atoms. The zero-order chi connectivity index (χ0) is 16.7. The molecule has 6 nitrogen and oxygen atoms in total. The number of amides is 2. The van der Waals surface area contributed by atoms with Gasteiger partial charge in [0.2, 0.25) is 5.88 Å². The van der Waals surface area contributed by atoms with Crippen LogP contribution in [0.25, 0.3) is 0 Å². The summed E-state index contributed by atoms with van der Waals surface area (Å²) in [5, 5.41) is 5.30. The third kappa shape index (κ3) is 6.72. The molecule has 2 rings (SSSR count). The van der Waals surface area contributed by atoms with Crippen LogP contribution < -0.4 is 15.4 Å². The van der Waals surface area contributed by atoms with Crippen molar-refractivity contribution in [2.24, 2.45) is 0 Å². The van der Waals surface area contributed by atoms with Gasteiger partial charge in [-0.1, -0.05) is 0 Å². The summed E-state index contributed by atoms with van der Waals surface area (Å²) in [5.41, 5.74) is 0.587. The average Bonchev–Trinajstić information content (AvgIpc) is 3.02. The van der Waals surface area contributed by atoms with Gasteiger partial charge in [-0.05, 0) is 24.5 Å². The summed E-state index contributed by atoms with van der Waals surface area (Å²) in [5.74, 6) is -0.138. The highest BCUT2D eigenvalue weighted by molar-refractivity contribution is 5.73. The van der Waals surface area contributed by atoms with Gasteiger partial charge in [-0.25, -0.2) is 9.78 Å². The molecule has 1 aliphatic rings. The molecular formula is C14H18F3N3O3. The standard InChI is InChI=1S/C14H18F3N3O3/c15-14(16,17)9-23-12-6-10(3-4-18-12)7-19-13(21)20-8-11-2-1-5-22-11/h3-4,6,11H,1-2,5,7-9H2,(H2,19,20,21)/t11-/m0/s1. The van der Waals surface area contributed by atoms with Gasteiger partial charge in [0.25, 0.3) is 0 Å². The maximum Gasteiger partial charge on any atom is 0.422 e. The van der Waals surface area contributed by atoms with E-state index in [-0.39, 0.29) is 24.6 Å². The maximum absolute atomic E-state index is 12.1. The maximum atomic E-state index is 12.1. The molecule has 2 heterocycles. The van der Waals surface area contributed by atoms with Crippen LogP contribution in [0.5, 0.6) is 5.88 Å². The number of pyridine rings is 1. The lowest BCUT2D eigenvalue weighted by Crippen LogP contribution is -2.39. The van der Waals surface area contributed by atoms with Gasteiger partial charge in [-0.2, -0.15) is 13.2 Å². The van der Waals surface area contributed by atoms with E-state index in [4.69, 9.17) is 4.74 Å². The largest absolute Gasteiger partial charge is 0.468 e. The van der Waals surface area contributed by atoms with Crippen molar-refractivity contribution in [3.63, 3.8) is 0 Å². The van der Waals surface area contributed by atoms with Gasteiger partial charge < -0.3 is 20.1 Å². The third-order valence-electron chi connectivity index (χ3n) is 3.15. The molecule has 2 amide bonds. The Bertz CT molecular complexity index is 519. The minimum atomic E-state index is -4.42. The predicted molar refractivity (Wildman–Crippen MR) is 75.0 cm³/mol. The Labute approximate surface area is 131 Å². The highest BCUT2D eigenvalue weighted by Crippen LogP contribution is 2.17. The van der Waals surface area contributed by atoms with Crippen LogP contribution in [0.15, 0.2) is 18.3 Å². The highest BCUT2D eigenvalue weighted by Gasteiger charge is 2.28. The van der Waals surface area contributed by atoms with Gasteiger partial charge in [0.15, 0.2) is 6.61 Å². The lowest BCUT2D eigenvalue weighted by molar-refractivity contribution is -0.154. The minimum Gasteiger partial charge on any atom is -0.468 e. The Hall–Kier alpha value is -2.03. The molecule has 128 valence electrons. The molecule has 0 aliphatic carbocycles. The van der Waals surface area contributed by atoms with Gasteiger partial charge in [-0.15, -0.1) is 0 Å². The van der Waals surface area contributed by atoms with E-state index in [9.17, 15) is 18.0 Å². The number of carbonyl (C=O) groups is 1. The number of hydrogen-bond donors (Lipinski definition) is 2. The normalized spacial score (nSPS) is 17.8. The number of carbonyl (C=O) groups excluding carboxylic acids is 1. The van der Waals surface area contributed by atoms with Gasteiger partial charge in [0.05, 0.1) is 6.10 Å². The summed E-state index contributed by atoms with van der Waals surface area (Å²) in [7, 11) is 0. The molecule has 0 unspecified atom stereocenters. The first-order valence-electron chi connectivity index (χ1n) is 7.20. The first-order chi connectivity index (χ1) is 10.9. The Morgan fingerprint density at radius 1 is 1.43 bits per heavy atom. The summed E-state index contributed by atoms with van der Waals surface area (Å²) >= 11 is 0. The molecule has 1 aromatic rings. The van der Waals surface area contributed by atoms with E-state index in [2.05, 4.69) is 20.4 Å². The van der Waals surface area contributed by atoms with Crippen LogP contribution in [0.2, 0.25) is 0 Å². The molecule has 9 heteroatoms. The van der Waals surface area contributed by atoms with E-state index in [0.717, 1.165) is 12.8 Å². The number of aromatic nitrogens is 1. The van der Waals surface area contributed by atoms with E-state index in [0.29, 0.717) is 18.7 Å². The second-order valence-electron chi connectivity index (χ2n) is 5.10. The summed E-state index contributed by atoms with van der Waals surface area (Å²) < 4.78 is 46.2. The number of ether oxygens (including phenoxy) is 2. The molecule has 1 aliphatic heterocycles. The number of rotatable bonds is 6. The smallest absolute Gasteiger partial charge is 0.422 e. The Morgan fingerprint density at radius 2 is 2.26 bits per heavy atom. The monoisotopic (exact) mass is 333 g/mol. The van der Waals surface area contributed by atoms with Crippen LogP contribution in [0.3, 0.4) is 0 Å². The molecule has 0 aromatic carbocycles. The molecular weight excluding hydrogens is 315 g/mol. The van der Waals surface area contributed by atoms with Crippen molar-refractivity contribution in [2.75, 3.05) is 19.8 Å². The summed E-state index contributed by atoms with van der Waals surface area (Å²) in [4.78, 5) is 15.3. The fourth-order valence-electron chi connectivity index (χ4n) is 2.05. The number of alkyl halides is 3. The molecule has 1 atom stereocenters. The minimum absolute atomic E-state index is 0.0454. The van der Waals surface area contributed by atoms with Crippen LogP contribution >= 0.6 is 0 Å². The van der Waals surface area contributed by atoms with Crippen LogP contribution in [-0.4, -0.2) is 43.1 Å². The van der Waals surface area contributed by atoms with E-state index in [1.807, 2.05) is 0 Å². The van der Waals surface area contributed by atoms with Crippen molar-refractivity contribution in [2.45, 2.75) is 31.7 Å². The zero-order valence-electron chi connectivity index (χ0n) is 12.4. The number of hydrogen-bond acceptors (Lipinski definition) is 4. The van der Waals surface area contributed by atoms with Crippen molar-refractivity contribution < 1.29 is 27.4 Å². The molecule has 1 fully saturated rings. The fraction of sp³-hybridized carbons (Fsp3) is 0.571. The Kier molecular flexibility index (Phi) is 6.03. The first-order valence-corrected chi connectivity index (χ1v) is 7.20. The van der Waals surface area contributed by atoms with E-state index < -0.39 is 12.8 Å². The van der Waals surface area contributed by atoms with Crippen molar-refractivity contribution in [1.29, 1.82) is 0 Å². The van der Waals surface area contributed by atoms with E-state index in [1.165, 1.54) is 12.3 Å². The van der Waals surface area contributed by atoms with Crippen LogP contribution in [-0.2, 0) is 11.3 Å². The lowest BCUT2D eigenvalue weighted by Gasteiger charge is -2.12. The zero-order valence-corrected chi connectivity index (χ0v) is 12.4. The Balaban J connectivity index is 1.73. The number of nitrogens with one attached hydrogen (secondary N) is 2. The average molecular weight is 333 g/mol.